The van der Waals surface area contributed by atoms with Crippen molar-refractivity contribution in [3.05, 3.63) is 65.7 Å². The summed E-state index contributed by atoms with van der Waals surface area (Å²) in [5.41, 5.74) is 6.94. The number of rotatable bonds is 10. The largest absolute Gasteiger partial charge is 0.508 e. The molecule has 31 heavy (non-hydrogen) atoms. The maximum atomic E-state index is 12.9. The standard InChI is InChI=1S/C23H29N3O5/c1-15(2)12-19(21(24)28)25-22(29)20(13-16-8-10-18(27)11-9-16)26-23(30)31-14-17-6-4-3-5-7-17/h3-11,15,19-20,27H,12-14H2,1-2H3,(H2,24,28)(H,25,29)(H,26,30). The summed E-state index contributed by atoms with van der Waals surface area (Å²) in [4.78, 5) is 36.9. The van der Waals surface area contributed by atoms with Gasteiger partial charge in [-0.25, -0.2) is 4.79 Å². The highest BCUT2D eigenvalue weighted by atomic mass is 16.5. The lowest BCUT2D eigenvalue weighted by atomic mass is 10.0. The van der Waals surface area contributed by atoms with E-state index in [0.717, 1.165) is 5.56 Å². The summed E-state index contributed by atoms with van der Waals surface area (Å²) in [6, 6.07) is 13.6. The van der Waals surface area contributed by atoms with Crippen molar-refractivity contribution in [2.45, 2.75) is 45.4 Å². The Bertz CT molecular complexity index is 869. The van der Waals surface area contributed by atoms with E-state index in [0.29, 0.717) is 12.0 Å². The summed E-state index contributed by atoms with van der Waals surface area (Å²) in [6.07, 6.45) is -0.243. The van der Waals surface area contributed by atoms with Gasteiger partial charge < -0.3 is 26.2 Å². The fourth-order valence-corrected chi connectivity index (χ4v) is 2.97. The highest BCUT2D eigenvalue weighted by molar-refractivity contribution is 5.90. The minimum atomic E-state index is -0.998. The van der Waals surface area contributed by atoms with Gasteiger partial charge >= 0.3 is 6.09 Å². The Morgan fingerprint density at radius 2 is 1.58 bits per heavy atom. The number of hydrogen-bond acceptors (Lipinski definition) is 5. The van der Waals surface area contributed by atoms with Crippen LogP contribution in [0.3, 0.4) is 0 Å². The number of aromatic hydroxyl groups is 1. The zero-order chi connectivity index (χ0) is 22.8. The number of carbonyl (C=O) groups excluding carboxylic acids is 3. The number of hydrogen-bond donors (Lipinski definition) is 4. The van der Waals surface area contributed by atoms with Crippen molar-refractivity contribution in [3.8, 4) is 5.75 Å². The van der Waals surface area contributed by atoms with E-state index in [2.05, 4.69) is 10.6 Å². The van der Waals surface area contributed by atoms with E-state index in [4.69, 9.17) is 10.5 Å². The molecule has 3 amide bonds. The van der Waals surface area contributed by atoms with Crippen molar-refractivity contribution in [1.82, 2.24) is 10.6 Å². The summed E-state index contributed by atoms with van der Waals surface area (Å²) in [5, 5.41) is 14.7. The van der Waals surface area contributed by atoms with Crippen molar-refractivity contribution in [1.29, 1.82) is 0 Å². The van der Waals surface area contributed by atoms with E-state index < -0.39 is 30.0 Å². The number of phenolic OH excluding ortho intramolecular Hbond substituents is 1. The monoisotopic (exact) mass is 427 g/mol. The molecule has 0 fully saturated rings. The average molecular weight is 428 g/mol. The van der Waals surface area contributed by atoms with E-state index in [1.807, 2.05) is 44.2 Å². The molecule has 0 saturated carbocycles. The molecule has 0 spiro atoms. The molecule has 8 heteroatoms. The predicted octanol–water partition coefficient (Wildman–Crippen LogP) is 2.25. The normalized spacial score (nSPS) is 12.6. The van der Waals surface area contributed by atoms with Gasteiger partial charge in [0.25, 0.3) is 0 Å². The molecule has 0 radical (unpaired) electrons. The van der Waals surface area contributed by atoms with Crippen LogP contribution < -0.4 is 16.4 Å². The lowest BCUT2D eigenvalue weighted by molar-refractivity contribution is -0.128. The van der Waals surface area contributed by atoms with E-state index in [1.165, 1.54) is 12.1 Å². The average Bonchev–Trinajstić information content (AvgIpc) is 2.73. The third kappa shape index (κ3) is 8.38. The number of primary amides is 1. The number of carbonyl (C=O) groups is 3. The van der Waals surface area contributed by atoms with Crippen LogP contribution in [-0.2, 0) is 27.4 Å². The second-order valence-corrected chi connectivity index (χ2v) is 7.72. The molecule has 2 aromatic rings. The first-order valence-electron chi connectivity index (χ1n) is 10.1. The number of phenols is 1. The zero-order valence-corrected chi connectivity index (χ0v) is 17.7. The number of nitrogens with one attached hydrogen (secondary N) is 2. The molecular weight excluding hydrogens is 398 g/mol. The zero-order valence-electron chi connectivity index (χ0n) is 17.7. The van der Waals surface area contributed by atoms with Crippen LogP contribution in [0.2, 0.25) is 0 Å². The fraction of sp³-hybridized carbons (Fsp3) is 0.348. The van der Waals surface area contributed by atoms with Crippen molar-refractivity contribution in [2.24, 2.45) is 11.7 Å². The minimum absolute atomic E-state index is 0.0531. The second kappa shape index (κ2) is 11.6. The van der Waals surface area contributed by atoms with E-state index in [-0.39, 0.29) is 24.7 Å². The van der Waals surface area contributed by atoms with Crippen LogP contribution >= 0.6 is 0 Å². The Morgan fingerprint density at radius 3 is 2.16 bits per heavy atom. The molecule has 0 aliphatic heterocycles. The van der Waals surface area contributed by atoms with Crippen LogP contribution in [0, 0.1) is 5.92 Å². The lowest BCUT2D eigenvalue weighted by Gasteiger charge is -2.23. The minimum Gasteiger partial charge on any atom is -0.508 e. The highest BCUT2D eigenvalue weighted by Gasteiger charge is 2.27. The first-order chi connectivity index (χ1) is 14.7. The molecule has 0 heterocycles. The summed E-state index contributed by atoms with van der Waals surface area (Å²) < 4.78 is 5.22. The predicted molar refractivity (Wildman–Crippen MR) is 116 cm³/mol. The van der Waals surface area contributed by atoms with Gasteiger partial charge in [0.2, 0.25) is 11.8 Å². The fourth-order valence-electron chi connectivity index (χ4n) is 2.97. The highest BCUT2D eigenvalue weighted by Crippen LogP contribution is 2.12. The first kappa shape index (κ1) is 23.7. The Morgan fingerprint density at radius 1 is 0.935 bits per heavy atom. The van der Waals surface area contributed by atoms with Gasteiger partial charge in [-0.1, -0.05) is 56.3 Å². The molecule has 0 saturated heterocycles. The number of alkyl carbamates (subject to hydrolysis) is 1. The maximum Gasteiger partial charge on any atom is 0.408 e. The molecule has 2 aromatic carbocycles. The van der Waals surface area contributed by atoms with Gasteiger partial charge in [-0.05, 0) is 35.6 Å². The molecule has 166 valence electrons. The number of ether oxygens (including phenoxy) is 1. The quantitative estimate of drug-likeness (QED) is 0.462. The van der Waals surface area contributed by atoms with Gasteiger partial charge in [0.15, 0.2) is 0 Å². The van der Waals surface area contributed by atoms with Crippen molar-refractivity contribution >= 4 is 17.9 Å². The van der Waals surface area contributed by atoms with Crippen molar-refractivity contribution in [2.75, 3.05) is 0 Å². The Balaban J connectivity index is 2.08. The van der Waals surface area contributed by atoms with E-state index in [9.17, 15) is 19.5 Å². The summed E-state index contributed by atoms with van der Waals surface area (Å²) in [7, 11) is 0. The molecule has 0 aliphatic carbocycles. The van der Waals surface area contributed by atoms with Crippen molar-refractivity contribution < 1.29 is 24.2 Å². The second-order valence-electron chi connectivity index (χ2n) is 7.72. The molecular formula is C23H29N3O5. The van der Waals surface area contributed by atoms with Crippen LogP contribution in [0.5, 0.6) is 5.75 Å². The molecule has 2 atom stereocenters. The van der Waals surface area contributed by atoms with Gasteiger partial charge in [-0.3, -0.25) is 9.59 Å². The Kier molecular flexibility index (Phi) is 8.87. The summed E-state index contributed by atoms with van der Waals surface area (Å²) >= 11 is 0. The molecule has 5 N–H and O–H groups in total. The van der Waals surface area contributed by atoms with Gasteiger partial charge in [0.05, 0.1) is 0 Å². The van der Waals surface area contributed by atoms with Crippen LogP contribution in [0.4, 0.5) is 4.79 Å². The molecule has 2 rings (SSSR count). The number of amides is 3. The number of nitrogens with two attached hydrogens (primary N) is 1. The lowest BCUT2D eigenvalue weighted by Crippen LogP contribution is -2.54. The number of benzene rings is 2. The molecule has 8 nitrogen and oxygen atoms in total. The van der Waals surface area contributed by atoms with Gasteiger partial charge in [-0.2, -0.15) is 0 Å². The van der Waals surface area contributed by atoms with Crippen LogP contribution in [0.25, 0.3) is 0 Å². The van der Waals surface area contributed by atoms with Gasteiger partial charge in [0, 0.05) is 6.42 Å². The molecule has 0 aliphatic rings. The smallest absolute Gasteiger partial charge is 0.408 e. The van der Waals surface area contributed by atoms with Crippen LogP contribution in [-0.4, -0.2) is 35.1 Å². The van der Waals surface area contributed by atoms with E-state index >= 15 is 0 Å². The molecule has 0 aromatic heterocycles. The van der Waals surface area contributed by atoms with Crippen molar-refractivity contribution in [3.63, 3.8) is 0 Å². The Labute approximate surface area is 181 Å². The molecule has 0 bridgehead atoms. The topological polar surface area (TPSA) is 131 Å². The van der Waals surface area contributed by atoms with Gasteiger partial charge in [-0.15, -0.1) is 0 Å². The van der Waals surface area contributed by atoms with Crippen LogP contribution in [0.1, 0.15) is 31.4 Å². The molecule has 2 unspecified atom stereocenters. The van der Waals surface area contributed by atoms with E-state index in [1.54, 1.807) is 12.1 Å². The Hall–Kier alpha value is -3.55. The third-order valence-electron chi connectivity index (χ3n) is 4.56. The van der Waals surface area contributed by atoms with Gasteiger partial charge in [0.1, 0.15) is 24.4 Å². The summed E-state index contributed by atoms with van der Waals surface area (Å²) in [6.45, 7) is 3.88. The first-order valence-corrected chi connectivity index (χ1v) is 10.1. The van der Waals surface area contributed by atoms with Crippen LogP contribution in [0.15, 0.2) is 54.6 Å². The SMILES string of the molecule is CC(C)CC(NC(=O)C(Cc1ccc(O)cc1)NC(=O)OCc1ccccc1)C(N)=O. The third-order valence-corrected chi connectivity index (χ3v) is 4.56. The maximum absolute atomic E-state index is 12.9. The summed E-state index contributed by atoms with van der Waals surface area (Å²) in [5.74, 6) is -0.964.